The van der Waals surface area contributed by atoms with Gasteiger partial charge in [0.1, 0.15) is 4.91 Å². The number of halogens is 3. The van der Waals surface area contributed by atoms with Gasteiger partial charge in [0.25, 0.3) is 0 Å². The highest BCUT2D eigenvalue weighted by atomic mass is 32.2. The second kappa shape index (κ2) is 5.84. The third kappa shape index (κ3) is 3.92. The average molecular weight is 254 g/mol. The molecule has 1 saturated carbocycles. The Morgan fingerprint density at radius 1 is 1.31 bits per heavy atom. The van der Waals surface area contributed by atoms with E-state index < -0.39 is 21.9 Å². The summed E-state index contributed by atoms with van der Waals surface area (Å²) in [6.45, 7) is 1.51. The van der Waals surface area contributed by atoms with Gasteiger partial charge in [-0.1, -0.05) is 32.3 Å². The minimum atomic E-state index is -4.45. The molecule has 0 aromatic carbocycles. The maximum Gasteiger partial charge on any atom is 0.424 e. The van der Waals surface area contributed by atoms with Gasteiger partial charge in [0.2, 0.25) is 0 Å². The van der Waals surface area contributed by atoms with Crippen molar-refractivity contribution in [3.05, 3.63) is 11.0 Å². The average Bonchev–Trinajstić information content (AvgIpc) is 2.25. The molecule has 1 atom stereocenters. The van der Waals surface area contributed by atoms with E-state index in [1.165, 1.54) is 13.0 Å². The third-order valence-corrected chi connectivity index (χ3v) is 4.21. The molecule has 0 bridgehead atoms. The van der Waals surface area contributed by atoms with Gasteiger partial charge in [0, 0.05) is 5.75 Å². The summed E-state index contributed by atoms with van der Waals surface area (Å²) >= 11 is 0. The molecule has 0 N–H and O–H groups in total. The largest absolute Gasteiger partial charge is 0.424 e. The van der Waals surface area contributed by atoms with E-state index in [2.05, 4.69) is 0 Å². The zero-order valence-corrected chi connectivity index (χ0v) is 10.2. The fourth-order valence-electron chi connectivity index (χ4n) is 1.97. The Morgan fingerprint density at radius 3 is 2.31 bits per heavy atom. The van der Waals surface area contributed by atoms with Crippen molar-refractivity contribution in [2.24, 2.45) is 5.92 Å². The highest BCUT2D eigenvalue weighted by Crippen LogP contribution is 2.33. The molecule has 1 aliphatic rings. The summed E-state index contributed by atoms with van der Waals surface area (Å²) in [5.41, 5.74) is 0. The van der Waals surface area contributed by atoms with Gasteiger partial charge in [-0.2, -0.15) is 13.2 Å². The molecule has 0 spiro atoms. The Kier molecular flexibility index (Phi) is 5.02. The van der Waals surface area contributed by atoms with Crippen LogP contribution in [0.4, 0.5) is 13.2 Å². The minimum absolute atomic E-state index is 0.0259. The van der Waals surface area contributed by atoms with E-state index in [9.17, 15) is 17.4 Å². The van der Waals surface area contributed by atoms with Gasteiger partial charge in [-0.05, 0) is 18.8 Å². The van der Waals surface area contributed by atoms with Crippen molar-refractivity contribution in [1.29, 1.82) is 0 Å². The summed E-state index contributed by atoms with van der Waals surface area (Å²) in [5, 5.41) is 0. The van der Waals surface area contributed by atoms with Crippen LogP contribution in [0, 0.1) is 5.92 Å². The van der Waals surface area contributed by atoms with Crippen LogP contribution in [0.5, 0.6) is 0 Å². The summed E-state index contributed by atoms with van der Waals surface area (Å²) in [7, 11) is -1.90. The Hall–Kier alpha value is -0.320. The normalized spacial score (nSPS) is 22.1. The molecule has 0 aromatic rings. The number of alkyl halides is 3. The predicted octanol–water partition coefficient (Wildman–Crippen LogP) is 3.78. The molecule has 94 valence electrons. The van der Waals surface area contributed by atoms with E-state index in [1.807, 2.05) is 0 Å². The van der Waals surface area contributed by atoms with Gasteiger partial charge < -0.3 is 0 Å². The molecule has 1 fully saturated rings. The first-order valence-corrected chi connectivity index (χ1v) is 6.94. The Bertz CT molecular complexity index is 277. The van der Waals surface area contributed by atoms with E-state index in [0.717, 1.165) is 32.1 Å². The first-order valence-electron chi connectivity index (χ1n) is 5.62. The summed E-state index contributed by atoms with van der Waals surface area (Å²) in [5.74, 6) is -0.0150. The molecule has 0 aromatic heterocycles. The van der Waals surface area contributed by atoms with Crippen molar-refractivity contribution in [2.45, 2.75) is 45.2 Å². The van der Waals surface area contributed by atoms with Crippen molar-refractivity contribution in [2.75, 3.05) is 5.75 Å². The van der Waals surface area contributed by atoms with Gasteiger partial charge in [0.15, 0.2) is 0 Å². The summed E-state index contributed by atoms with van der Waals surface area (Å²) < 4.78 is 49.3. The Labute approximate surface area is 96.6 Å². The van der Waals surface area contributed by atoms with Crippen molar-refractivity contribution < 1.29 is 17.4 Å². The molecule has 16 heavy (non-hydrogen) atoms. The lowest BCUT2D eigenvalue weighted by molar-refractivity contribution is -0.0845. The second-order valence-corrected chi connectivity index (χ2v) is 5.77. The van der Waals surface area contributed by atoms with Crippen LogP contribution in [0.15, 0.2) is 11.0 Å². The molecule has 0 saturated heterocycles. The van der Waals surface area contributed by atoms with Crippen LogP contribution in [0.2, 0.25) is 0 Å². The van der Waals surface area contributed by atoms with Gasteiger partial charge >= 0.3 is 6.18 Å². The van der Waals surface area contributed by atoms with Crippen LogP contribution in [-0.4, -0.2) is 16.1 Å². The van der Waals surface area contributed by atoms with E-state index in [1.54, 1.807) is 0 Å². The fourth-order valence-corrected chi connectivity index (χ4v) is 2.88. The summed E-state index contributed by atoms with van der Waals surface area (Å²) in [4.78, 5) is -0.832. The van der Waals surface area contributed by atoms with Crippen LogP contribution >= 0.6 is 0 Å². The van der Waals surface area contributed by atoms with E-state index in [0.29, 0.717) is 0 Å². The minimum Gasteiger partial charge on any atom is -0.254 e. The molecule has 0 heterocycles. The first-order chi connectivity index (χ1) is 7.45. The van der Waals surface area contributed by atoms with Crippen LogP contribution < -0.4 is 0 Å². The standard InChI is InChI=1S/C11H17F3OS/c1-2-16(15)10(11(12,13)14)8-9-6-4-3-5-7-9/h8-9H,2-7H2,1H3/b10-8+. The van der Waals surface area contributed by atoms with Crippen molar-refractivity contribution in [3.63, 3.8) is 0 Å². The first kappa shape index (κ1) is 13.7. The van der Waals surface area contributed by atoms with Crippen molar-refractivity contribution in [3.8, 4) is 0 Å². The quantitative estimate of drug-likeness (QED) is 0.749. The van der Waals surface area contributed by atoms with Gasteiger partial charge in [-0.15, -0.1) is 0 Å². The van der Waals surface area contributed by atoms with Crippen LogP contribution in [0.1, 0.15) is 39.0 Å². The maximum atomic E-state index is 12.7. The maximum absolute atomic E-state index is 12.7. The SMILES string of the molecule is CCS(=O)/C(=C/C1CCCCC1)C(F)(F)F. The Balaban J connectivity index is 2.82. The highest BCUT2D eigenvalue weighted by molar-refractivity contribution is 7.89. The van der Waals surface area contributed by atoms with E-state index in [4.69, 9.17) is 0 Å². The topological polar surface area (TPSA) is 17.1 Å². The monoisotopic (exact) mass is 254 g/mol. The third-order valence-electron chi connectivity index (χ3n) is 2.82. The summed E-state index contributed by atoms with van der Waals surface area (Å²) in [6, 6.07) is 0. The van der Waals surface area contributed by atoms with Gasteiger partial charge in [-0.3, -0.25) is 4.21 Å². The van der Waals surface area contributed by atoms with Crippen LogP contribution in [-0.2, 0) is 10.8 Å². The number of hydrogen-bond donors (Lipinski definition) is 0. The number of hydrogen-bond acceptors (Lipinski definition) is 1. The predicted molar refractivity (Wildman–Crippen MR) is 59.4 cm³/mol. The summed E-state index contributed by atoms with van der Waals surface area (Å²) in [6.07, 6.45) is 1.40. The molecule has 1 unspecified atom stereocenters. The van der Waals surface area contributed by atoms with Crippen molar-refractivity contribution in [1.82, 2.24) is 0 Å². The zero-order valence-electron chi connectivity index (χ0n) is 9.35. The molecule has 1 nitrogen and oxygen atoms in total. The highest BCUT2D eigenvalue weighted by Gasteiger charge is 2.37. The Morgan fingerprint density at radius 2 is 1.88 bits per heavy atom. The van der Waals surface area contributed by atoms with Gasteiger partial charge in [-0.25, -0.2) is 0 Å². The lowest BCUT2D eigenvalue weighted by Crippen LogP contribution is -2.19. The molecule has 0 aliphatic heterocycles. The van der Waals surface area contributed by atoms with Crippen LogP contribution in [0.25, 0.3) is 0 Å². The number of allylic oxidation sites excluding steroid dienone is 2. The van der Waals surface area contributed by atoms with E-state index in [-0.39, 0.29) is 11.7 Å². The van der Waals surface area contributed by atoms with Gasteiger partial charge in [0.05, 0.1) is 10.8 Å². The van der Waals surface area contributed by atoms with E-state index >= 15 is 0 Å². The smallest absolute Gasteiger partial charge is 0.254 e. The molecule has 0 radical (unpaired) electrons. The second-order valence-electron chi connectivity index (χ2n) is 4.06. The molecule has 1 rings (SSSR count). The molecule has 0 amide bonds. The van der Waals surface area contributed by atoms with Crippen LogP contribution in [0.3, 0.4) is 0 Å². The number of rotatable bonds is 3. The van der Waals surface area contributed by atoms with Crippen molar-refractivity contribution >= 4 is 10.8 Å². The fraction of sp³-hybridized carbons (Fsp3) is 0.818. The lowest BCUT2D eigenvalue weighted by atomic mass is 9.89. The molecule has 5 heteroatoms. The molecular formula is C11H17F3OS. The molecule has 1 aliphatic carbocycles. The molecular weight excluding hydrogens is 237 g/mol. The lowest BCUT2D eigenvalue weighted by Gasteiger charge is -2.20. The zero-order chi connectivity index (χ0) is 12.2.